The number of ether oxygens (including phenoxy) is 6. The van der Waals surface area contributed by atoms with Crippen LogP contribution in [0.15, 0.2) is 52.5 Å². The fraction of sp³-hybridized carbons (Fsp3) is 0.700. The molecule has 0 aromatic heterocycles. The average molecular weight is 940 g/mol. The van der Waals surface area contributed by atoms with Crippen molar-refractivity contribution in [3.8, 4) is 0 Å². The minimum atomic E-state index is -1.83. The SMILES string of the molecule is COC1CC(C)C23OC(CC/C(C)=C/CC(=O)CC(O)CC(/C(C)=C/C4CCC(SCc5ccc(SC6CCOC6=O)cc5)C(OC)C4)OC(=O)C4CCCCN4C(=O)C2=O)CCC1O3. The van der Waals surface area contributed by atoms with E-state index in [4.69, 9.17) is 28.4 Å². The molecule has 6 aliphatic rings. The fourth-order valence-electron chi connectivity index (χ4n) is 10.4. The Bertz CT molecular complexity index is 1920. The largest absolute Gasteiger partial charge is 0.465 e. The van der Waals surface area contributed by atoms with Gasteiger partial charge in [-0.15, -0.1) is 11.8 Å². The molecule has 7 rings (SSSR count). The van der Waals surface area contributed by atoms with E-state index in [0.29, 0.717) is 58.0 Å². The van der Waals surface area contributed by atoms with Gasteiger partial charge in [0.1, 0.15) is 23.2 Å². The molecule has 1 spiro atoms. The molecule has 15 heteroatoms. The summed E-state index contributed by atoms with van der Waals surface area (Å²) in [7, 11) is 3.37. The predicted octanol–water partition coefficient (Wildman–Crippen LogP) is 7.48. The second-order valence-electron chi connectivity index (χ2n) is 19.1. The van der Waals surface area contributed by atoms with Gasteiger partial charge >= 0.3 is 11.9 Å². The number of benzene rings is 1. The number of aliphatic hydroxyl groups excluding tert-OH is 1. The first-order valence-corrected chi connectivity index (χ1v) is 25.7. The zero-order valence-electron chi connectivity index (χ0n) is 38.7. The van der Waals surface area contributed by atoms with Gasteiger partial charge in [-0.2, -0.15) is 11.8 Å². The molecule has 0 radical (unpaired) electrons. The summed E-state index contributed by atoms with van der Waals surface area (Å²) >= 11 is 3.43. The van der Waals surface area contributed by atoms with Gasteiger partial charge in [0.05, 0.1) is 37.1 Å². The number of carbonyl (C=O) groups excluding carboxylic acids is 5. The summed E-state index contributed by atoms with van der Waals surface area (Å²) in [6.45, 7) is 6.40. The molecule has 358 valence electrons. The standard InChI is InChI=1S/C50H69NO12S2/c1-30-9-14-35(52)27-36(53)28-41(31(2)24-34-13-20-44(43(26-34)59-5)64-29-33-11-17-38(18-12-33)65-45-21-23-60-49(45)57)61-48(56)39-8-6-7-22-51(39)47(55)46(54)50-32(3)25-42(58-4)40(63-50)19-16-37(62-50)15-10-30/h9,11-12,17-18,24,32,34,36-37,39-45,53H,6-8,10,13-16,19-23,25-29H2,1-5H3/b30-9+,31-24+. The van der Waals surface area contributed by atoms with E-state index < -0.39 is 53.7 Å². The van der Waals surface area contributed by atoms with Gasteiger partial charge in [0.15, 0.2) is 0 Å². The van der Waals surface area contributed by atoms with Crippen LogP contribution in [-0.4, -0.2) is 126 Å². The van der Waals surface area contributed by atoms with Crippen LogP contribution in [-0.2, 0) is 58.1 Å². The number of nitrogens with zero attached hydrogens (tertiary/aromatic N) is 1. The number of hydrogen-bond donors (Lipinski definition) is 1. The van der Waals surface area contributed by atoms with E-state index in [2.05, 4.69) is 30.3 Å². The molecule has 1 aliphatic carbocycles. The minimum Gasteiger partial charge on any atom is -0.465 e. The summed E-state index contributed by atoms with van der Waals surface area (Å²) in [6.07, 6.45) is 8.79. The number of amides is 1. The number of carbonyl (C=O) groups is 5. The minimum absolute atomic E-state index is 0.00902. The van der Waals surface area contributed by atoms with E-state index in [-0.39, 0.29) is 72.3 Å². The van der Waals surface area contributed by atoms with Crippen molar-refractivity contribution in [1.82, 2.24) is 4.90 Å². The highest BCUT2D eigenvalue weighted by Crippen LogP contribution is 2.44. The van der Waals surface area contributed by atoms with E-state index in [1.54, 1.807) is 26.0 Å². The van der Waals surface area contributed by atoms with Crippen LogP contribution in [0.5, 0.6) is 0 Å². The molecule has 1 saturated carbocycles. The number of fused-ring (bicyclic) bond motifs is 3. The van der Waals surface area contributed by atoms with Gasteiger partial charge < -0.3 is 38.4 Å². The van der Waals surface area contributed by atoms with Crippen LogP contribution >= 0.6 is 23.5 Å². The van der Waals surface area contributed by atoms with Gasteiger partial charge in [-0.3, -0.25) is 19.2 Å². The maximum absolute atomic E-state index is 14.7. The lowest BCUT2D eigenvalue weighted by Gasteiger charge is -2.46. The Hall–Kier alpha value is -3.05. The van der Waals surface area contributed by atoms with Crippen molar-refractivity contribution in [2.75, 3.05) is 27.4 Å². The highest BCUT2D eigenvalue weighted by Gasteiger charge is 2.59. The molecule has 3 bridgehead atoms. The molecule has 12 atom stereocenters. The maximum atomic E-state index is 14.7. The van der Waals surface area contributed by atoms with E-state index in [0.717, 1.165) is 47.5 Å². The highest BCUT2D eigenvalue weighted by molar-refractivity contribution is 8.00. The molecule has 1 aromatic carbocycles. The second kappa shape index (κ2) is 22.8. The lowest BCUT2D eigenvalue weighted by Crippen LogP contribution is -2.63. The molecule has 13 nitrogen and oxygen atoms in total. The number of allylic oxidation sites excluding steroid dienone is 3. The van der Waals surface area contributed by atoms with Crippen molar-refractivity contribution in [3.63, 3.8) is 0 Å². The molecule has 65 heavy (non-hydrogen) atoms. The summed E-state index contributed by atoms with van der Waals surface area (Å²) in [5.41, 5.74) is 2.95. The first kappa shape index (κ1) is 49.8. The molecule has 1 N–H and O–H groups in total. The molecular formula is C50H69NO12S2. The van der Waals surface area contributed by atoms with E-state index in [1.807, 2.05) is 38.6 Å². The Morgan fingerprint density at radius 2 is 1.69 bits per heavy atom. The number of thioether (sulfide) groups is 2. The van der Waals surface area contributed by atoms with Crippen LogP contribution in [0.25, 0.3) is 0 Å². The van der Waals surface area contributed by atoms with Crippen molar-refractivity contribution in [1.29, 1.82) is 0 Å². The highest BCUT2D eigenvalue weighted by atomic mass is 32.2. The molecule has 4 saturated heterocycles. The van der Waals surface area contributed by atoms with Gasteiger partial charge in [0, 0.05) is 68.3 Å². The van der Waals surface area contributed by atoms with Crippen molar-refractivity contribution in [3.05, 3.63) is 53.1 Å². The Kier molecular flexibility index (Phi) is 17.5. The summed E-state index contributed by atoms with van der Waals surface area (Å²) in [5, 5.41) is 11.5. The van der Waals surface area contributed by atoms with E-state index in [9.17, 15) is 29.1 Å². The molecule has 5 heterocycles. The van der Waals surface area contributed by atoms with Crippen LogP contribution in [0.4, 0.5) is 0 Å². The topological polar surface area (TPSA) is 164 Å². The lowest BCUT2D eigenvalue weighted by atomic mass is 9.84. The number of Topliss-reactive ketones (excluding diaryl/α,β-unsaturated/α-hetero) is 2. The van der Waals surface area contributed by atoms with Crippen molar-refractivity contribution < 1.29 is 57.5 Å². The fourth-order valence-corrected chi connectivity index (χ4v) is 12.8. The number of esters is 2. The van der Waals surface area contributed by atoms with Gasteiger partial charge in [-0.05, 0) is 114 Å². The summed E-state index contributed by atoms with van der Waals surface area (Å²) < 4.78 is 36.5. The Labute approximate surface area is 392 Å². The number of rotatable bonds is 9. The summed E-state index contributed by atoms with van der Waals surface area (Å²) in [4.78, 5) is 71.2. The van der Waals surface area contributed by atoms with Crippen LogP contribution in [0, 0.1) is 11.8 Å². The Morgan fingerprint density at radius 3 is 2.43 bits per heavy atom. The number of methoxy groups -OCH3 is 2. The molecule has 5 fully saturated rings. The predicted molar refractivity (Wildman–Crippen MR) is 247 cm³/mol. The number of ketones is 2. The number of hydrogen-bond acceptors (Lipinski definition) is 14. The van der Waals surface area contributed by atoms with Gasteiger partial charge in [0.2, 0.25) is 5.79 Å². The van der Waals surface area contributed by atoms with Gasteiger partial charge in [-0.1, -0.05) is 36.8 Å². The van der Waals surface area contributed by atoms with Crippen molar-refractivity contribution in [2.24, 2.45) is 11.8 Å². The Balaban J connectivity index is 1.06. The normalized spacial score (nSPS) is 36.9. The smallest absolute Gasteiger partial charge is 0.329 e. The first-order valence-electron chi connectivity index (χ1n) is 23.8. The third kappa shape index (κ3) is 12.4. The van der Waals surface area contributed by atoms with Crippen LogP contribution in [0.2, 0.25) is 0 Å². The third-order valence-electron chi connectivity index (χ3n) is 14.3. The molecule has 1 amide bonds. The number of aliphatic hydroxyl groups is 1. The quantitative estimate of drug-likeness (QED) is 0.147. The van der Waals surface area contributed by atoms with Crippen LogP contribution < -0.4 is 0 Å². The molecular weight excluding hydrogens is 871 g/mol. The summed E-state index contributed by atoms with van der Waals surface area (Å²) in [6, 6.07) is 7.35. The Morgan fingerprint density at radius 1 is 0.908 bits per heavy atom. The van der Waals surface area contributed by atoms with Gasteiger partial charge in [-0.25, -0.2) is 4.79 Å². The molecule has 1 aromatic rings. The second-order valence-corrected chi connectivity index (χ2v) is 21.6. The first-order chi connectivity index (χ1) is 31.3. The monoisotopic (exact) mass is 939 g/mol. The molecule has 12 unspecified atom stereocenters. The lowest BCUT2D eigenvalue weighted by molar-refractivity contribution is -0.304. The number of piperidine rings is 1. The van der Waals surface area contributed by atoms with Crippen molar-refractivity contribution in [2.45, 2.75) is 187 Å². The van der Waals surface area contributed by atoms with Gasteiger partial charge in [0.25, 0.3) is 11.7 Å². The number of cyclic esters (lactones) is 2. The maximum Gasteiger partial charge on any atom is 0.329 e. The average Bonchev–Trinajstić information content (AvgIpc) is 3.62. The van der Waals surface area contributed by atoms with Crippen molar-refractivity contribution >= 4 is 52.9 Å². The third-order valence-corrected chi connectivity index (χ3v) is 17.0. The van der Waals surface area contributed by atoms with E-state index in [1.165, 1.54) is 10.5 Å². The molecule has 5 aliphatic heterocycles. The van der Waals surface area contributed by atoms with E-state index >= 15 is 0 Å². The zero-order chi connectivity index (χ0) is 46.3. The zero-order valence-corrected chi connectivity index (χ0v) is 40.4. The summed E-state index contributed by atoms with van der Waals surface area (Å²) in [5.74, 6) is -3.92. The van der Waals surface area contributed by atoms with Crippen LogP contribution in [0.3, 0.4) is 0 Å². The van der Waals surface area contributed by atoms with Crippen LogP contribution in [0.1, 0.15) is 123 Å².